The van der Waals surface area contributed by atoms with E-state index in [1.807, 2.05) is 12.1 Å². The quantitative estimate of drug-likeness (QED) is 0.892. The zero-order chi connectivity index (χ0) is 11.5. The maximum absolute atomic E-state index is 10.4. The van der Waals surface area contributed by atoms with Crippen molar-refractivity contribution < 1.29 is 9.90 Å². The molecule has 1 aliphatic rings. The van der Waals surface area contributed by atoms with Gasteiger partial charge in [-0.15, -0.1) is 0 Å². The maximum Gasteiger partial charge on any atom is 0.317 e. The van der Waals surface area contributed by atoms with Crippen LogP contribution in [0.15, 0.2) is 28.7 Å². The van der Waals surface area contributed by atoms with E-state index in [4.69, 9.17) is 5.11 Å². The molecule has 2 rings (SSSR count). The largest absolute Gasteiger partial charge is 0.480 e. The Morgan fingerprint density at radius 2 is 2.25 bits per heavy atom. The zero-order valence-corrected chi connectivity index (χ0v) is 10.4. The van der Waals surface area contributed by atoms with Crippen LogP contribution in [0.2, 0.25) is 0 Å². The molecule has 0 amide bonds. The van der Waals surface area contributed by atoms with Crippen LogP contribution in [0.4, 0.5) is 0 Å². The zero-order valence-electron chi connectivity index (χ0n) is 8.82. The van der Waals surface area contributed by atoms with Crippen molar-refractivity contribution in [2.24, 2.45) is 0 Å². The number of aliphatic carboxylic acids is 1. The number of carboxylic acids is 1. The molecule has 1 saturated carbocycles. The van der Waals surface area contributed by atoms with E-state index < -0.39 is 5.97 Å². The van der Waals surface area contributed by atoms with Crippen LogP contribution < -0.4 is 5.32 Å². The number of carbonyl (C=O) groups is 1. The minimum Gasteiger partial charge on any atom is -0.480 e. The highest BCUT2D eigenvalue weighted by Crippen LogP contribution is 2.37. The van der Waals surface area contributed by atoms with Gasteiger partial charge in [-0.25, -0.2) is 0 Å². The summed E-state index contributed by atoms with van der Waals surface area (Å²) in [5, 5.41) is 11.6. The molecular formula is C12H14BrNO2. The van der Waals surface area contributed by atoms with Crippen molar-refractivity contribution in [2.45, 2.75) is 24.8 Å². The Hall–Kier alpha value is -0.870. The van der Waals surface area contributed by atoms with E-state index in [2.05, 4.69) is 33.4 Å². The fourth-order valence-corrected chi connectivity index (χ4v) is 2.47. The molecule has 0 heterocycles. The molecule has 0 unspecified atom stereocenters. The second kappa shape index (κ2) is 4.97. The van der Waals surface area contributed by atoms with Gasteiger partial charge < -0.3 is 10.4 Å². The predicted molar refractivity (Wildman–Crippen MR) is 65.5 cm³/mol. The monoisotopic (exact) mass is 283 g/mol. The van der Waals surface area contributed by atoms with Crippen LogP contribution in [0.1, 0.15) is 24.3 Å². The Labute approximate surface area is 103 Å². The van der Waals surface area contributed by atoms with Gasteiger partial charge in [0.1, 0.15) is 0 Å². The Kier molecular flexibility index (Phi) is 3.61. The molecule has 0 saturated heterocycles. The lowest BCUT2D eigenvalue weighted by Crippen LogP contribution is -2.42. The lowest BCUT2D eigenvalue weighted by molar-refractivity contribution is -0.136. The van der Waals surface area contributed by atoms with Crippen molar-refractivity contribution in [1.29, 1.82) is 0 Å². The summed E-state index contributed by atoms with van der Waals surface area (Å²) >= 11 is 3.46. The number of hydrogen-bond donors (Lipinski definition) is 2. The van der Waals surface area contributed by atoms with Crippen LogP contribution in [0.25, 0.3) is 0 Å². The highest BCUT2D eigenvalue weighted by molar-refractivity contribution is 9.10. The highest BCUT2D eigenvalue weighted by atomic mass is 79.9. The molecule has 2 N–H and O–H groups in total. The minimum atomic E-state index is -0.786. The third-order valence-electron chi connectivity index (χ3n) is 3.00. The van der Waals surface area contributed by atoms with Gasteiger partial charge in [0.05, 0.1) is 6.54 Å². The molecule has 0 bridgehead atoms. The molecular weight excluding hydrogens is 270 g/mol. The minimum absolute atomic E-state index is 0.0653. The van der Waals surface area contributed by atoms with Crippen molar-refractivity contribution in [3.8, 4) is 0 Å². The van der Waals surface area contributed by atoms with Crippen molar-refractivity contribution in [2.75, 3.05) is 6.54 Å². The van der Waals surface area contributed by atoms with Crippen LogP contribution in [0.5, 0.6) is 0 Å². The van der Waals surface area contributed by atoms with Crippen LogP contribution in [0, 0.1) is 0 Å². The summed E-state index contributed by atoms with van der Waals surface area (Å²) in [6, 6.07) is 8.68. The van der Waals surface area contributed by atoms with E-state index in [0.717, 1.165) is 17.3 Å². The highest BCUT2D eigenvalue weighted by Gasteiger charge is 2.30. The Bertz CT molecular complexity index is 388. The molecule has 1 fully saturated rings. The van der Waals surface area contributed by atoms with E-state index >= 15 is 0 Å². The smallest absolute Gasteiger partial charge is 0.317 e. The predicted octanol–water partition coefficient (Wildman–Crippen LogP) is 2.37. The van der Waals surface area contributed by atoms with Gasteiger partial charge in [-0.3, -0.25) is 4.79 Å². The number of hydrogen-bond acceptors (Lipinski definition) is 2. The molecule has 0 spiro atoms. The molecule has 1 aromatic carbocycles. The first-order valence-electron chi connectivity index (χ1n) is 5.36. The number of carboxylic acid groups (broad SMARTS) is 1. The lowest BCUT2D eigenvalue weighted by Gasteiger charge is -2.36. The van der Waals surface area contributed by atoms with Gasteiger partial charge >= 0.3 is 5.97 Å². The van der Waals surface area contributed by atoms with E-state index in [0.29, 0.717) is 12.0 Å². The van der Waals surface area contributed by atoms with Gasteiger partial charge in [0.2, 0.25) is 0 Å². The van der Waals surface area contributed by atoms with Gasteiger partial charge in [0, 0.05) is 10.5 Å². The van der Waals surface area contributed by atoms with E-state index in [9.17, 15) is 4.79 Å². The lowest BCUT2D eigenvalue weighted by atomic mass is 9.76. The van der Waals surface area contributed by atoms with Crippen molar-refractivity contribution in [3.05, 3.63) is 34.3 Å². The van der Waals surface area contributed by atoms with E-state index in [-0.39, 0.29) is 6.54 Å². The molecule has 0 atom stereocenters. The SMILES string of the molecule is O=C(O)CNC1CC(c2cccc(Br)c2)C1. The first kappa shape index (κ1) is 11.6. The maximum atomic E-state index is 10.4. The van der Waals surface area contributed by atoms with E-state index in [1.54, 1.807) is 0 Å². The van der Waals surface area contributed by atoms with Crippen molar-refractivity contribution >= 4 is 21.9 Å². The average molecular weight is 284 g/mol. The summed E-state index contributed by atoms with van der Waals surface area (Å²) in [6.45, 7) is 0.0653. The molecule has 4 heteroatoms. The molecule has 0 radical (unpaired) electrons. The van der Waals surface area contributed by atoms with Gasteiger partial charge in [-0.05, 0) is 36.5 Å². The van der Waals surface area contributed by atoms with Gasteiger partial charge in [0.15, 0.2) is 0 Å². The summed E-state index contributed by atoms with van der Waals surface area (Å²) < 4.78 is 1.10. The summed E-state index contributed by atoms with van der Waals surface area (Å²) in [6.07, 6.45) is 2.06. The van der Waals surface area contributed by atoms with E-state index in [1.165, 1.54) is 5.56 Å². The number of halogens is 1. The van der Waals surface area contributed by atoms with Crippen LogP contribution in [0.3, 0.4) is 0 Å². The second-order valence-electron chi connectivity index (χ2n) is 4.19. The van der Waals surface area contributed by atoms with Crippen molar-refractivity contribution in [3.63, 3.8) is 0 Å². The topological polar surface area (TPSA) is 49.3 Å². The fraction of sp³-hybridized carbons (Fsp3) is 0.417. The van der Waals surface area contributed by atoms with Crippen LogP contribution >= 0.6 is 15.9 Å². The first-order valence-corrected chi connectivity index (χ1v) is 6.15. The Balaban J connectivity index is 1.82. The molecule has 86 valence electrons. The Morgan fingerprint density at radius 1 is 1.50 bits per heavy atom. The van der Waals surface area contributed by atoms with Crippen LogP contribution in [-0.4, -0.2) is 23.7 Å². The average Bonchev–Trinajstić information content (AvgIpc) is 2.14. The summed E-state index contributed by atoms with van der Waals surface area (Å²) in [5.74, 6) is -0.213. The summed E-state index contributed by atoms with van der Waals surface area (Å²) in [4.78, 5) is 10.4. The van der Waals surface area contributed by atoms with Gasteiger partial charge in [-0.2, -0.15) is 0 Å². The summed E-state index contributed by atoms with van der Waals surface area (Å²) in [7, 11) is 0. The van der Waals surface area contributed by atoms with Gasteiger partial charge in [-0.1, -0.05) is 28.1 Å². The normalized spacial score (nSPS) is 23.8. The van der Waals surface area contributed by atoms with Crippen molar-refractivity contribution in [1.82, 2.24) is 5.32 Å². The first-order chi connectivity index (χ1) is 7.65. The number of nitrogens with one attached hydrogen (secondary N) is 1. The number of benzene rings is 1. The Morgan fingerprint density at radius 3 is 2.88 bits per heavy atom. The van der Waals surface area contributed by atoms with Gasteiger partial charge in [0.25, 0.3) is 0 Å². The van der Waals surface area contributed by atoms with Crippen LogP contribution in [-0.2, 0) is 4.79 Å². The molecule has 16 heavy (non-hydrogen) atoms. The standard InChI is InChI=1S/C12H14BrNO2/c13-10-3-1-2-8(4-10)9-5-11(6-9)14-7-12(15)16/h1-4,9,11,14H,5-7H2,(H,15,16). The summed E-state index contributed by atoms with van der Waals surface area (Å²) in [5.41, 5.74) is 1.34. The second-order valence-corrected chi connectivity index (χ2v) is 5.11. The molecule has 0 aromatic heterocycles. The molecule has 3 nitrogen and oxygen atoms in total. The molecule has 1 aliphatic carbocycles. The third-order valence-corrected chi connectivity index (χ3v) is 3.49. The third kappa shape index (κ3) is 2.83. The molecule has 1 aromatic rings. The fourth-order valence-electron chi connectivity index (χ4n) is 2.05. The molecule has 0 aliphatic heterocycles. The number of rotatable bonds is 4.